The van der Waals surface area contributed by atoms with Gasteiger partial charge in [-0.15, -0.1) is 0 Å². The first-order chi connectivity index (χ1) is 16.0. The van der Waals surface area contributed by atoms with Crippen molar-refractivity contribution >= 4 is 17.4 Å². The summed E-state index contributed by atoms with van der Waals surface area (Å²) in [6.45, 7) is 0.935. The zero-order valence-corrected chi connectivity index (χ0v) is 18.3. The fourth-order valence-corrected chi connectivity index (χ4v) is 3.94. The van der Waals surface area contributed by atoms with E-state index in [-0.39, 0.29) is 16.9 Å². The molecule has 9 heteroatoms. The summed E-state index contributed by atoms with van der Waals surface area (Å²) in [5.74, 6) is -0.905. The van der Waals surface area contributed by atoms with Gasteiger partial charge in [0, 0.05) is 37.7 Å². The average molecular weight is 448 g/mol. The summed E-state index contributed by atoms with van der Waals surface area (Å²) in [4.78, 5) is 36.0. The lowest BCUT2D eigenvalue weighted by molar-refractivity contribution is -0.140. The fraction of sp³-hybridized carbons (Fsp3) is 0.250. The molecule has 1 N–H and O–H groups in total. The Morgan fingerprint density at radius 2 is 1.94 bits per heavy atom. The second-order valence-corrected chi connectivity index (χ2v) is 7.47. The highest BCUT2D eigenvalue weighted by Crippen LogP contribution is 2.40. The molecule has 3 aromatic rings. The van der Waals surface area contributed by atoms with Crippen molar-refractivity contribution in [3.05, 3.63) is 78.1 Å². The first kappa shape index (κ1) is 22.1. The van der Waals surface area contributed by atoms with Gasteiger partial charge in [0.25, 0.3) is 11.7 Å². The summed E-state index contributed by atoms with van der Waals surface area (Å²) >= 11 is 0. The highest BCUT2D eigenvalue weighted by molar-refractivity contribution is 6.46. The van der Waals surface area contributed by atoms with Crippen LogP contribution in [0.1, 0.15) is 23.7 Å². The molecule has 0 saturated carbocycles. The first-order valence-electron chi connectivity index (χ1n) is 10.4. The minimum Gasteiger partial charge on any atom is -0.507 e. The molecule has 0 bridgehead atoms. The molecule has 3 heterocycles. The number of ketones is 1. The molecule has 1 fully saturated rings. The molecule has 0 radical (unpaired) electrons. The van der Waals surface area contributed by atoms with Gasteiger partial charge in [-0.1, -0.05) is 6.07 Å². The van der Waals surface area contributed by atoms with Crippen molar-refractivity contribution < 1.29 is 24.2 Å². The van der Waals surface area contributed by atoms with Crippen LogP contribution >= 0.6 is 0 Å². The maximum Gasteiger partial charge on any atom is 0.295 e. The first-order valence-corrected chi connectivity index (χ1v) is 10.4. The van der Waals surface area contributed by atoms with E-state index < -0.39 is 17.7 Å². The Morgan fingerprint density at radius 1 is 1.09 bits per heavy atom. The maximum absolute atomic E-state index is 13.1. The number of carbonyl (C=O) groups is 2. The molecule has 2 aromatic heterocycles. The van der Waals surface area contributed by atoms with Gasteiger partial charge in [0.15, 0.2) is 0 Å². The number of methoxy groups -OCH3 is 2. The van der Waals surface area contributed by atoms with E-state index in [1.807, 2.05) is 10.8 Å². The van der Waals surface area contributed by atoms with Crippen LogP contribution in [-0.2, 0) is 16.1 Å². The zero-order valence-electron chi connectivity index (χ0n) is 18.3. The topological polar surface area (TPSA) is 107 Å². The molecule has 1 atom stereocenters. The quantitative estimate of drug-likeness (QED) is 0.321. The minimum atomic E-state index is -0.819. The van der Waals surface area contributed by atoms with E-state index in [4.69, 9.17) is 9.47 Å². The molecular weight excluding hydrogens is 424 g/mol. The molecule has 1 aliphatic heterocycles. The van der Waals surface area contributed by atoms with E-state index in [1.54, 1.807) is 55.1 Å². The lowest BCUT2D eigenvalue weighted by Crippen LogP contribution is -2.31. The number of ether oxygens (including phenoxy) is 2. The number of hydrogen-bond donors (Lipinski definition) is 1. The Hall–Kier alpha value is -4.14. The number of nitrogens with zero attached hydrogens (tertiary/aromatic N) is 4. The van der Waals surface area contributed by atoms with Crippen LogP contribution in [0.5, 0.6) is 11.5 Å². The van der Waals surface area contributed by atoms with Crippen LogP contribution in [0.15, 0.2) is 66.9 Å². The third-order valence-corrected chi connectivity index (χ3v) is 5.55. The number of pyridine rings is 1. The van der Waals surface area contributed by atoms with Gasteiger partial charge in [0.1, 0.15) is 23.3 Å². The molecule has 0 aliphatic carbocycles. The van der Waals surface area contributed by atoms with Crippen LogP contribution < -0.4 is 9.47 Å². The lowest BCUT2D eigenvalue weighted by Gasteiger charge is -2.24. The van der Waals surface area contributed by atoms with E-state index in [1.165, 1.54) is 19.1 Å². The van der Waals surface area contributed by atoms with Gasteiger partial charge in [-0.05, 0) is 30.7 Å². The molecule has 1 aromatic carbocycles. The molecule has 1 amide bonds. The highest BCUT2D eigenvalue weighted by atomic mass is 16.5. The number of aromatic nitrogens is 3. The Kier molecular flexibility index (Phi) is 6.39. The largest absolute Gasteiger partial charge is 0.507 e. The standard InChI is InChI=1S/C24H24N4O5/c1-32-16-7-8-17(19(14-16)33-2)22(29)20-21(18-6-3-4-9-26-18)28(24(31)23(20)30)12-5-11-27-13-10-25-15-27/h3-4,6-10,13-15,21,29H,5,11-12H2,1-2H3/t21-/m0/s1. The van der Waals surface area contributed by atoms with Crippen LogP contribution in [0.2, 0.25) is 0 Å². The molecule has 9 nitrogen and oxygen atoms in total. The van der Waals surface area contributed by atoms with Crippen molar-refractivity contribution in [2.75, 3.05) is 20.8 Å². The summed E-state index contributed by atoms with van der Waals surface area (Å²) in [5.41, 5.74) is 0.758. The van der Waals surface area contributed by atoms with Crippen molar-refractivity contribution in [3.8, 4) is 11.5 Å². The van der Waals surface area contributed by atoms with Crippen molar-refractivity contribution in [1.82, 2.24) is 19.4 Å². The Labute approximate surface area is 190 Å². The van der Waals surface area contributed by atoms with Crippen LogP contribution in [-0.4, -0.2) is 57.0 Å². The number of rotatable bonds is 8. The van der Waals surface area contributed by atoms with E-state index in [2.05, 4.69) is 9.97 Å². The molecule has 1 aliphatic rings. The molecule has 0 spiro atoms. The number of hydrogen-bond acceptors (Lipinski definition) is 7. The van der Waals surface area contributed by atoms with Crippen molar-refractivity contribution in [2.24, 2.45) is 0 Å². The van der Waals surface area contributed by atoms with E-state index in [9.17, 15) is 14.7 Å². The minimum absolute atomic E-state index is 0.0233. The Balaban J connectivity index is 1.75. The van der Waals surface area contributed by atoms with Crippen molar-refractivity contribution in [2.45, 2.75) is 19.0 Å². The van der Waals surface area contributed by atoms with Crippen molar-refractivity contribution in [3.63, 3.8) is 0 Å². The predicted molar refractivity (Wildman–Crippen MR) is 120 cm³/mol. The molecule has 0 unspecified atom stereocenters. The molecule has 4 rings (SSSR count). The van der Waals surface area contributed by atoms with Gasteiger partial charge in [-0.3, -0.25) is 14.6 Å². The van der Waals surface area contributed by atoms with E-state index in [0.29, 0.717) is 36.7 Å². The maximum atomic E-state index is 13.1. The van der Waals surface area contributed by atoms with Gasteiger partial charge in [0.2, 0.25) is 0 Å². The summed E-state index contributed by atoms with van der Waals surface area (Å²) in [6.07, 6.45) is 7.40. The Morgan fingerprint density at radius 3 is 2.61 bits per heavy atom. The van der Waals surface area contributed by atoms with Gasteiger partial charge in [-0.25, -0.2) is 4.98 Å². The predicted octanol–water partition coefficient (Wildman–Crippen LogP) is 2.81. The zero-order chi connectivity index (χ0) is 23.4. The van der Waals surface area contributed by atoms with Crippen LogP contribution in [0.3, 0.4) is 0 Å². The molecule has 33 heavy (non-hydrogen) atoms. The van der Waals surface area contributed by atoms with Gasteiger partial charge >= 0.3 is 0 Å². The number of Topliss-reactive ketones (excluding diaryl/α,β-unsaturated/α-hetero) is 1. The summed E-state index contributed by atoms with van der Waals surface area (Å²) in [6, 6.07) is 9.29. The number of aliphatic hydroxyl groups excluding tert-OH is 1. The third-order valence-electron chi connectivity index (χ3n) is 5.55. The molecule has 170 valence electrons. The average Bonchev–Trinajstić information content (AvgIpc) is 3.46. The highest BCUT2D eigenvalue weighted by Gasteiger charge is 2.46. The van der Waals surface area contributed by atoms with Gasteiger partial charge < -0.3 is 24.0 Å². The second kappa shape index (κ2) is 9.56. The normalized spacial score (nSPS) is 17.4. The number of aryl methyl sites for hydroxylation is 1. The van der Waals surface area contributed by atoms with E-state index in [0.717, 1.165) is 0 Å². The monoisotopic (exact) mass is 448 g/mol. The number of benzene rings is 1. The fourth-order valence-electron chi connectivity index (χ4n) is 3.94. The third kappa shape index (κ3) is 4.30. The van der Waals surface area contributed by atoms with E-state index >= 15 is 0 Å². The smallest absolute Gasteiger partial charge is 0.295 e. The van der Waals surface area contributed by atoms with Crippen LogP contribution in [0.4, 0.5) is 0 Å². The number of imidazole rings is 1. The number of carbonyl (C=O) groups excluding carboxylic acids is 2. The summed E-state index contributed by atoms with van der Waals surface area (Å²) in [5, 5.41) is 11.2. The number of aliphatic hydroxyl groups is 1. The van der Waals surface area contributed by atoms with Crippen LogP contribution in [0, 0.1) is 0 Å². The SMILES string of the molecule is COc1ccc(C(O)=C2C(=O)C(=O)N(CCCn3ccnc3)[C@H]2c2ccccn2)c(OC)c1. The lowest BCUT2D eigenvalue weighted by atomic mass is 9.97. The van der Waals surface area contributed by atoms with Gasteiger partial charge in [-0.2, -0.15) is 0 Å². The number of likely N-dealkylation sites (tertiary alicyclic amines) is 1. The van der Waals surface area contributed by atoms with Gasteiger partial charge in [0.05, 0.1) is 37.4 Å². The molecular formula is C24H24N4O5. The molecule has 1 saturated heterocycles. The summed E-state index contributed by atoms with van der Waals surface area (Å²) < 4.78 is 12.5. The van der Waals surface area contributed by atoms with Crippen molar-refractivity contribution in [1.29, 1.82) is 0 Å². The second-order valence-electron chi connectivity index (χ2n) is 7.47. The summed E-state index contributed by atoms with van der Waals surface area (Å²) in [7, 11) is 2.97. The van der Waals surface area contributed by atoms with Crippen LogP contribution in [0.25, 0.3) is 5.76 Å². The number of amides is 1. The Bertz CT molecular complexity index is 1170.